The first-order chi connectivity index (χ1) is 8.76. The summed E-state index contributed by atoms with van der Waals surface area (Å²) in [4.78, 5) is 0. The molecule has 4 heteroatoms. The lowest BCUT2D eigenvalue weighted by Crippen LogP contribution is -1.98. The summed E-state index contributed by atoms with van der Waals surface area (Å²) in [5.74, 6) is 4.34. The van der Waals surface area contributed by atoms with E-state index in [9.17, 15) is 5.11 Å². The second kappa shape index (κ2) is 5.65. The van der Waals surface area contributed by atoms with E-state index in [1.165, 1.54) is 0 Å². The smallest absolute Gasteiger partial charge is 0.231 e. The number of unbranched alkanes of at least 4 members (excludes halogenated alkanes) is 1. The van der Waals surface area contributed by atoms with Gasteiger partial charge in [0.25, 0.3) is 0 Å². The van der Waals surface area contributed by atoms with E-state index in [-0.39, 0.29) is 6.79 Å². The first kappa shape index (κ1) is 12.6. The lowest BCUT2D eigenvalue weighted by atomic mass is 10.0. The molecule has 1 aliphatic heterocycles. The Morgan fingerprint density at radius 1 is 1.50 bits per heavy atom. The molecule has 0 bridgehead atoms. The Kier molecular flexibility index (Phi) is 3.96. The van der Waals surface area contributed by atoms with Crippen molar-refractivity contribution in [2.24, 2.45) is 0 Å². The van der Waals surface area contributed by atoms with Gasteiger partial charge < -0.3 is 19.3 Å². The van der Waals surface area contributed by atoms with Crippen LogP contribution in [0.3, 0.4) is 0 Å². The Labute approximate surface area is 106 Å². The van der Waals surface area contributed by atoms with Gasteiger partial charge in [-0.05, 0) is 30.5 Å². The van der Waals surface area contributed by atoms with Gasteiger partial charge in [0.05, 0.1) is 13.2 Å². The summed E-state index contributed by atoms with van der Waals surface area (Å²) in [5, 5.41) is 10.1. The number of benzene rings is 1. The summed E-state index contributed by atoms with van der Waals surface area (Å²) in [6, 6.07) is 3.56. The van der Waals surface area contributed by atoms with E-state index < -0.39 is 6.10 Å². The monoisotopic (exact) mass is 248 g/mol. The minimum atomic E-state index is -0.568. The minimum absolute atomic E-state index is 0.183. The predicted molar refractivity (Wildman–Crippen MR) is 66.8 cm³/mol. The van der Waals surface area contributed by atoms with Crippen LogP contribution in [0.5, 0.6) is 17.2 Å². The molecule has 1 N–H and O–H groups in total. The average molecular weight is 248 g/mol. The summed E-state index contributed by atoms with van der Waals surface area (Å²) < 4.78 is 15.8. The van der Waals surface area contributed by atoms with Crippen molar-refractivity contribution >= 4 is 0 Å². The zero-order chi connectivity index (χ0) is 13.0. The normalized spacial score (nSPS) is 14.1. The van der Waals surface area contributed by atoms with Crippen molar-refractivity contribution in [1.82, 2.24) is 0 Å². The van der Waals surface area contributed by atoms with Crippen molar-refractivity contribution in [2.75, 3.05) is 13.9 Å². The molecule has 96 valence electrons. The van der Waals surface area contributed by atoms with E-state index in [0.717, 1.165) is 12.0 Å². The fourth-order valence-electron chi connectivity index (χ4n) is 1.91. The number of ether oxygens (including phenoxy) is 3. The quantitative estimate of drug-likeness (QED) is 0.641. The highest BCUT2D eigenvalue weighted by atomic mass is 16.7. The van der Waals surface area contributed by atoms with Crippen LogP contribution < -0.4 is 14.2 Å². The summed E-state index contributed by atoms with van der Waals surface area (Å²) in [6.07, 6.45) is 6.69. The highest BCUT2D eigenvalue weighted by Gasteiger charge is 2.22. The maximum Gasteiger partial charge on any atom is 0.231 e. The van der Waals surface area contributed by atoms with Crippen molar-refractivity contribution in [3.63, 3.8) is 0 Å². The van der Waals surface area contributed by atoms with E-state index in [1.807, 2.05) is 0 Å². The Balaban J connectivity index is 2.16. The fraction of sp³-hybridized carbons (Fsp3) is 0.429. The molecule has 0 radical (unpaired) electrons. The number of terminal acetylenes is 1. The number of hydrogen-bond acceptors (Lipinski definition) is 4. The third-order valence-corrected chi connectivity index (χ3v) is 2.86. The van der Waals surface area contributed by atoms with Crippen LogP contribution >= 0.6 is 0 Å². The van der Waals surface area contributed by atoms with Gasteiger partial charge in [-0.3, -0.25) is 0 Å². The average Bonchev–Trinajstić information content (AvgIpc) is 2.85. The summed E-state index contributed by atoms with van der Waals surface area (Å²) >= 11 is 0. The van der Waals surface area contributed by atoms with Crippen LogP contribution in [0.15, 0.2) is 12.1 Å². The number of hydrogen-bond donors (Lipinski definition) is 1. The third-order valence-electron chi connectivity index (χ3n) is 2.86. The molecule has 2 rings (SSSR count). The predicted octanol–water partition coefficient (Wildman–Crippen LogP) is 2.26. The molecule has 1 aromatic carbocycles. The SMILES string of the molecule is C#CCCCC(O)c1cc(OC)c2c(c1)OCO2. The molecular weight excluding hydrogens is 232 g/mol. The Bertz CT molecular complexity index is 462. The van der Waals surface area contributed by atoms with Crippen molar-refractivity contribution in [3.05, 3.63) is 17.7 Å². The molecule has 0 aromatic heterocycles. The highest BCUT2D eigenvalue weighted by Crippen LogP contribution is 2.43. The molecule has 18 heavy (non-hydrogen) atoms. The van der Waals surface area contributed by atoms with Gasteiger partial charge in [-0.2, -0.15) is 0 Å². The lowest BCUT2D eigenvalue weighted by molar-refractivity contribution is 0.163. The molecule has 1 heterocycles. The number of rotatable bonds is 5. The zero-order valence-corrected chi connectivity index (χ0v) is 10.3. The second-order valence-corrected chi connectivity index (χ2v) is 4.07. The molecule has 1 aliphatic rings. The van der Waals surface area contributed by atoms with Gasteiger partial charge in [-0.25, -0.2) is 0 Å². The largest absolute Gasteiger partial charge is 0.493 e. The number of aliphatic hydroxyl groups excluding tert-OH is 1. The van der Waals surface area contributed by atoms with Gasteiger partial charge in [-0.15, -0.1) is 12.3 Å². The first-order valence-electron chi connectivity index (χ1n) is 5.85. The number of methoxy groups -OCH3 is 1. The van der Waals surface area contributed by atoms with Crippen LogP contribution in [0.2, 0.25) is 0 Å². The number of fused-ring (bicyclic) bond motifs is 1. The van der Waals surface area contributed by atoms with Crippen molar-refractivity contribution in [2.45, 2.75) is 25.4 Å². The molecule has 0 fully saturated rings. The molecular formula is C14H16O4. The van der Waals surface area contributed by atoms with E-state index in [2.05, 4.69) is 5.92 Å². The van der Waals surface area contributed by atoms with E-state index in [0.29, 0.717) is 30.1 Å². The topological polar surface area (TPSA) is 47.9 Å². The van der Waals surface area contributed by atoms with E-state index in [4.69, 9.17) is 20.6 Å². The molecule has 0 aliphatic carbocycles. The molecule has 4 nitrogen and oxygen atoms in total. The Morgan fingerprint density at radius 2 is 2.33 bits per heavy atom. The van der Waals surface area contributed by atoms with Crippen molar-refractivity contribution in [1.29, 1.82) is 0 Å². The Morgan fingerprint density at radius 3 is 3.06 bits per heavy atom. The van der Waals surface area contributed by atoms with E-state index in [1.54, 1.807) is 19.2 Å². The van der Waals surface area contributed by atoms with Crippen LogP contribution in [0.1, 0.15) is 30.9 Å². The van der Waals surface area contributed by atoms with Gasteiger partial charge in [0.1, 0.15) is 0 Å². The van der Waals surface area contributed by atoms with E-state index >= 15 is 0 Å². The Hall–Kier alpha value is -1.86. The summed E-state index contributed by atoms with van der Waals surface area (Å²) in [7, 11) is 1.56. The minimum Gasteiger partial charge on any atom is -0.493 e. The van der Waals surface area contributed by atoms with Crippen molar-refractivity contribution in [3.8, 4) is 29.6 Å². The number of aliphatic hydroxyl groups is 1. The fourth-order valence-corrected chi connectivity index (χ4v) is 1.91. The van der Waals surface area contributed by atoms with Crippen LogP contribution in [0.25, 0.3) is 0 Å². The lowest BCUT2D eigenvalue weighted by Gasteiger charge is -2.13. The van der Waals surface area contributed by atoms with Crippen LogP contribution in [-0.2, 0) is 0 Å². The van der Waals surface area contributed by atoms with Gasteiger partial charge in [0, 0.05) is 6.42 Å². The van der Waals surface area contributed by atoms with Crippen LogP contribution in [0, 0.1) is 12.3 Å². The zero-order valence-electron chi connectivity index (χ0n) is 10.3. The third kappa shape index (κ3) is 2.52. The summed E-state index contributed by atoms with van der Waals surface area (Å²) in [6.45, 7) is 0.183. The molecule has 1 atom stereocenters. The standard InChI is InChI=1S/C14H16O4/c1-3-4-5-6-11(15)10-7-12(16-2)14-13(8-10)17-9-18-14/h1,7-8,11,15H,4-6,9H2,2H3. The maximum absolute atomic E-state index is 10.1. The van der Waals surface area contributed by atoms with Crippen molar-refractivity contribution < 1.29 is 19.3 Å². The maximum atomic E-state index is 10.1. The second-order valence-electron chi connectivity index (χ2n) is 4.07. The van der Waals surface area contributed by atoms with Gasteiger partial charge in [-0.1, -0.05) is 0 Å². The first-order valence-corrected chi connectivity index (χ1v) is 5.85. The molecule has 0 saturated carbocycles. The van der Waals surface area contributed by atoms with Crippen LogP contribution in [-0.4, -0.2) is 19.0 Å². The molecule has 1 unspecified atom stereocenters. The van der Waals surface area contributed by atoms with Gasteiger partial charge in [0.15, 0.2) is 11.5 Å². The highest BCUT2D eigenvalue weighted by molar-refractivity contribution is 5.55. The summed E-state index contributed by atoms with van der Waals surface area (Å²) in [5.41, 5.74) is 0.758. The molecule has 0 saturated heterocycles. The molecule has 0 spiro atoms. The molecule has 0 amide bonds. The van der Waals surface area contributed by atoms with Crippen LogP contribution in [0.4, 0.5) is 0 Å². The van der Waals surface area contributed by atoms with Gasteiger partial charge >= 0.3 is 0 Å². The van der Waals surface area contributed by atoms with Gasteiger partial charge in [0.2, 0.25) is 12.5 Å². The molecule has 1 aromatic rings.